The largest absolute Gasteiger partial charge is 0.380 e. The van der Waals surface area contributed by atoms with Gasteiger partial charge in [0, 0.05) is 39.7 Å². The fraction of sp³-hybridized carbons (Fsp3) is 0.579. The molecule has 0 unspecified atom stereocenters. The third-order valence-corrected chi connectivity index (χ3v) is 4.17. The number of hydrogen-bond donors (Lipinski definition) is 2. The van der Waals surface area contributed by atoms with Crippen LogP contribution in [0.2, 0.25) is 0 Å². The van der Waals surface area contributed by atoms with E-state index in [0.717, 1.165) is 50.5 Å². The normalized spacial score (nSPS) is 14.3. The summed E-state index contributed by atoms with van der Waals surface area (Å²) in [4.78, 5) is 18.2. The Morgan fingerprint density at radius 1 is 1.23 bits per heavy atom. The second-order valence-electron chi connectivity index (χ2n) is 6.21. The van der Waals surface area contributed by atoms with Gasteiger partial charge in [-0.2, -0.15) is 0 Å². The van der Waals surface area contributed by atoms with Gasteiger partial charge in [0.2, 0.25) is 5.91 Å². The maximum atomic E-state index is 11.6. The number of rotatable bonds is 9. The molecule has 0 bridgehead atoms. The maximum absolute atomic E-state index is 11.6. The predicted octanol–water partition coefficient (Wildman–Crippen LogP) is 2.52. The van der Waals surface area contributed by atoms with E-state index in [1.807, 2.05) is 4.90 Å². The van der Waals surface area contributed by atoms with Crippen LogP contribution in [0.25, 0.3) is 0 Å². The minimum absolute atomic E-state index is 0. The summed E-state index contributed by atoms with van der Waals surface area (Å²) in [6.45, 7) is 6.68. The van der Waals surface area contributed by atoms with Crippen molar-refractivity contribution in [2.24, 2.45) is 4.99 Å². The van der Waals surface area contributed by atoms with Crippen molar-refractivity contribution < 1.29 is 9.53 Å². The van der Waals surface area contributed by atoms with Gasteiger partial charge < -0.3 is 20.3 Å². The first-order valence-electron chi connectivity index (χ1n) is 9.09. The average molecular weight is 474 g/mol. The molecule has 2 N–H and O–H groups in total. The second-order valence-corrected chi connectivity index (χ2v) is 6.21. The van der Waals surface area contributed by atoms with Crippen molar-refractivity contribution in [3.63, 3.8) is 0 Å². The van der Waals surface area contributed by atoms with Crippen LogP contribution in [0.15, 0.2) is 29.3 Å². The molecule has 1 fully saturated rings. The van der Waals surface area contributed by atoms with Gasteiger partial charge >= 0.3 is 0 Å². The number of amides is 1. The minimum Gasteiger partial charge on any atom is -0.380 e. The van der Waals surface area contributed by atoms with Gasteiger partial charge in [-0.25, -0.2) is 4.99 Å². The standard InChI is InChI=1S/C19H30N4O2.HI/c1-3-20-19(21-11-5-13-23-12-4-6-18(23)24)22-14-16-7-9-17(10-8-16)15-25-2;/h7-10H,3-6,11-15H2,1-2H3,(H2,20,21,22);1H. The van der Waals surface area contributed by atoms with Crippen LogP contribution in [0.4, 0.5) is 0 Å². The molecule has 1 aliphatic heterocycles. The number of aliphatic imine (C=N–C) groups is 1. The van der Waals surface area contributed by atoms with E-state index in [1.54, 1.807) is 7.11 Å². The Kier molecular flexibility index (Phi) is 11.3. The summed E-state index contributed by atoms with van der Waals surface area (Å²) in [5.41, 5.74) is 2.33. The van der Waals surface area contributed by atoms with Crippen LogP contribution < -0.4 is 10.6 Å². The molecule has 146 valence electrons. The van der Waals surface area contributed by atoms with Gasteiger partial charge in [-0.3, -0.25) is 4.79 Å². The van der Waals surface area contributed by atoms with Gasteiger partial charge in [-0.15, -0.1) is 24.0 Å². The fourth-order valence-electron chi connectivity index (χ4n) is 2.84. The van der Waals surface area contributed by atoms with Crippen molar-refractivity contribution in [3.8, 4) is 0 Å². The van der Waals surface area contributed by atoms with Gasteiger partial charge in [-0.05, 0) is 30.9 Å². The maximum Gasteiger partial charge on any atom is 0.222 e. The molecular weight excluding hydrogens is 443 g/mol. The van der Waals surface area contributed by atoms with E-state index in [4.69, 9.17) is 4.74 Å². The Bertz CT molecular complexity index is 563. The Morgan fingerprint density at radius 3 is 2.58 bits per heavy atom. The number of hydrogen-bond acceptors (Lipinski definition) is 3. The first-order chi connectivity index (χ1) is 12.2. The molecule has 1 amide bonds. The quantitative estimate of drug-likeness (QED) is 0.250. The number of benzene rings is 1. The van der Waals surface area contributed by atoms with Crippen LogP contribution in [0.1, 0.15) is 37.3 Å². The van der Waals surface area contributed by atoms with Crippen molar-refractivity contribution in [1.82, 2.24) is 15.5 Å². The van der Waals surface area contributed by atoms with Gasteiger partial charge in [-0.1, -0.05) is 24.3 Å². The first kappa shape index (κ1) is 22.7. The number of halogens is 1. The monoisotopic (exact) mass is 474 g/mol. The van der Waals surface area contributed by atoms with Gasteiger partial charge in [0.15, 0.2) is 5.96 Å². The number of likely N-dealkylation sites (tertiary alicyclic amines) is 1. The van der Waals surface area contributed by atoms with Gasteiger partial charge in [0.05, 0.1) is 13.2 Å². The summed E-state index contributed by atoms with van der Waals surface area (Å²) < 4.78 is 5.12. The van der Waals surface area contributed by atoms with Gasteiger partial charge in [0.1, 0.15) is 0 Å². The zero-order valence-corrected chi connectivity index (χ0v) is 18.1. The molecule has 0 atom stereocenters. The molecule has 1 aromatic carbocycles. The van der Waals surface area contributed by atoms with E-state index in [9.17, 15) is 4.79 Å². The molecule has 2 rings (SSSR count). The third-order valence-electron chi connectivity index (χ3n) is 4.17. The Hall–Kier alpha value is -1.35. The second kappa shape index (κ2) is 12.9. The minimum atomic E-state index is 0. The lowest BCUT2D eigenvalue weighted by Gasteiger charge is -2.16. The van der Waals surface area contributed by atoms with E-state index >= 15 is 0 Å². The highest BCUT2D eigenvalue weighted by atomic mass is 127. The molecule has 6 nitrogen and oxygen atoms in total. The summed E-state index contributed by atoms with van der Waals surface area (Å²) in [5.74, 6) is 1.11. The highest BCUT2D eigenvalue weighted by molar-refractivity contribution is 14.0. The summed E-state index contributed by atoms with van der Waals surface area (Å²) in [5, 5.41) is 6.60. The molecule has 1 aliphatic rings. The van der Waals surface area contributed by atoms with Crippen molar-refractivity contribution >= 4 is 35.8 Å². The lowest BCUT2D eigenvalue weighted by atomic mass is 10.1. The zero-order chi connectivity index (χ0) is 17.9. The van der Waals surface area contributed by atoms with Crippen LogP contribution in [-0.2, 0) is 22.7 Å². The summed E-state index contributed by atoms with van der Waals surface area (Å²) in [7, 11) is 1.70. The number of nitrogens with zero attached hydrogens (tertiary/aromatic N) is 2. The molecule has 1 heterocycles. The summed E-state index contributed by atoms with van der Waals surface area (Å²) in [6.07, 6.45) is 2.64. The number of methoxy groups -OCH3 is 1. The van der Waals surface area contributed by atoms with Crippen LogP contribution in [-0.4, -0.2) is 50.1 Å². The highest BCUT2D eigenvalue weighted by Gasteiger charge is 2.18. The van der Waals surface area contributed by atoms with Crippen LogP contribution in [0.5, 0.6) is 0 Å². The van der Waals surface area contributed by atoms with Crippen molar-refractivity contribution in [2.75, 3.05) is 33.3 Å². The molecule has 0 radical (unpaired) electrons. The first-order valence-corrected chi connectivity index (χ1v) is 9.09. The lowest BCUT2D eigenvalue weighted by molar-refractivity contribution is -0.127. The summed E-state index contributed by atoms with van der Waals surface area (Å²) >= 11 is 0. The van der Waals surface area contributed by atoms with E-state index in [-0.39, 0.29) is 29.9 Å². The van der Waals surface area contributed by atoms with Crippen molar-refractivity contribution in [3.05, 3.63) is 35.4 Å². The van der Waals surface area contributed by atoms with Gasteiger partial charge in [0.25, 0.3) is 0 Å². The smallest absolute Gasteiger partial charge is 0.222 e. The van der Waals surface area contributed by atoms with E-state index in [1.165, 1.54) is 5.56 Å². The van der Waals surface area contributed by atoms with Crippen LogP contribution in [0, 0.1) is 0 Å². The number of carbonyl (C=O) groups excluding carboxylic acids is 1. The molecule has 0 saturated carbocycles. The molecule has 0 spiro atoms. The SMILES string of the molecule is CCNC(=NCc1ccc(COC)cc1)NCCCN1CCCC1=O.I. The van der Waals surface area contributed by atoms with E-state index in [2.05, 4.69) is 46.8 Å². The Labute approximate surface area is 173 Å². The Morgan fingerprint density at radius 2 is 1.96 bits per heavy atom. The molecule has 1 saturated heterocycles. The number of carbonyl (C=O) groups is 1. The lowest BCUT2D eigenvalue weighted by Crippen LogP contribution is -2.39. The topological polar surface area (TPSA) is 66.0 Å². The number of guanidine groups is 1. The zero-order valence-electron chi connectivity index (χ0n) is 15.8. The molecule has 7 heteroatoms. The molecule has 0 aliphatic carbocycles. The third kappa shape index (κ3) is 7.90. The van der Waals surface area contributed by atoms with Crippen molar-refractivity contribution in [1.29, 1.82) is 0 Å². The van der Waals surface area contributed by atoms with Crippen LogP contribution in [0.3, 0.4) is 0 Å². The molecule has 0 aromatic heterocycles. The average Bonchev–Trinajstić information content (AvgIpc) is 3.03. The predicted molar refractivity (Wildman–Crippen MR) is 116 cm³/mol. The molecular formula is C19H31IN4O2. The number of nitrogens with one attached hydrogen (secondary N) is 2. The summed E-state index contributed by atoms with van der Waals surface area (Å²) in [6, 6.07) is 8.31. The molecule has 26 heavy (non-hydrogen) atoms. The number of ether oxygens (including phenoxy) is 1. The van der Waals surface area contributed by atoms with E-state index < -0.39 is 0 Å². The highest BCUT2D eigenvalue weighted by Crippen LogP contribution is 2.09. The molecule has 1 aromatic rings. The fourth-order valence-corrected chi connectivity index (χ4v) is 2.84. The van der Waals surface area contributed by atoms with E-state index in [0.29, 0.717) is 19.6 Å². The Balaban J connectivity index is 0.00000338. The van der Waals surface area contributed by atoms with Crippen LogP contribution >= 0.6 is 24.0 Å². The van der Waals surface area contributed by atoms with Crippen molar-refractivity contribution in [2.45, 2.75) is 39.3 Å².